The maximum absolute atomic E-state index is 5.11. The summed E-state index contributed by atoms with van der Waals surface area (Å²) in [6.45, 7) is 2.35. The Kier molecular flexibility index (Phi) is 5.97. The molecule has 0 spiro atoms. The lowest BCUT2D eigenvalue weighted by molar-refractivity contribution is 0.520. The van der Waals surface area contributed by atoms with E-state index in [1.807, 2.05) is 24.3 Å². The van der Waals surface area contributed by atoms with Gasteiger partial charge in [-0.05, 0) is 39.4 Å². The van der Waals surface area contributed by atoms with Crippen molar-refractivity contribution >= 4 is 5.57 Å². The molecule has 0 aliphatic heterocycles. The van der Waals surface area contributed by atoms with Crippen molar-refractivity contribution in [1.82, 2.24) is 15.0 Å². The molecular weight excluding hydrogens is 522 g/mol. The average molecular weight is 552 g/mol. The predicted octanol–water partition coefficient (Wildman–Crippen LogP) is 9.55. The number of benzene rings is 5. The largest absolute Gasteiger partial charge is 0.208 e. The van der Waals surface area contributed by atoms with Gasteiger partial charge in [-0.15, -0.1) is 0 Å². The quantitative estimate of drug-likeness (QED) is 0.219. The summed E-state index contributed by atoms with van der Waals surface area (Å²) in [6, 6.07) is 46.6. The first-order valence-corrected chi connectivity index (χ1v) is 14.7. The van der Waals surface area contributed by atoms with Gasteiger partial charge in [-0.25, -0.2) is 15.0 Å². The van der Waals surface area contributed by atoms with Crippen molar-refractivity contribution in [2.75, 3.05) is 0 Å². The van der Waals surface area contributed by atoms with Crippen LogP contribution in [0.25, 0.3) is 50.6 Å². The Labute approximate surface area is 252 Å². The van der Waals surface area contributed by atoms with Crippen molar-refractivity contribution in [1.29, 1.82) is 0 Å². The number of hydrogen-bond donors (Lipinski definition) is 0. The van der Waals surface area contributed by atoms with E-state index in [2.05, 4.69) is 134 Å². The first-order chi connectivity index (χ1) is 21.2. The van der Waals surface area contributed by atoms with Gasteiger partial charge in [0.25, 0.3) is 0 Å². The third-order valence-electron chi connectivity index (χ3n) is 8.82. The van der Waals surface area contributed by atoms with Gasteiger partial charge < -0.3 is 0 Å². The second-order valence-corrected chi connectivity index (χ2v) is 11.5. The lowest BCUT2D eigenvalue weighted by atomic mass is 9.60. The summed E-state index contributed by atoms with van der Waals surface area (Å²) in [5.41, 5.74) is 10.3. The Bertz CT molecular complexity index is 2040. The van der Waals surface area contributed by atoms with Crippen LogP contribution in [0.4, 0.5) is 0 Å². The molecule has 2 unspecified atom stereocenters. The summed E-state index contributed by atoms with van der Waals surface area (Å²) >= 11 is 0. The number of fused-ring (bicyclic) bond motifs is 6. The second kappa shape index (κ2) is 10.1. The van der Waals surface area contributed by atoms with Crippen LogP contribution in [-0.4, -0.2) is 15.0 Å². The molecule has 0 N–H and O–H groups in total. The fourth-order valence-electron chi connectivity index (χ4n) is 6.69. The van der Waals surface area contributed by atoms with E-state index in [1.165, 1.54) is 22.3 Å². The van der Waals surface area contributed by atoms with E-state index in [1.54, 1.807) is 0 Å². The molecule has 0 amide bonds. The SMILES string of the molecule is CC12C=C(c3nc(-c4ccccc4)nc(-c4cccc(-c5ccccc5)c4)n3)C=CC1c1ccccc1-c1ccccc12. The first-order valence-electron chi connectivity index (χ1n) is 14.7. The first kappa shape index (κ1) is 25.3. The summed E-state index contributed by atoms with van der Waals surface area (Å²) in [4.78, 5) is 15.2. The van der Waals surface area contributed by atoms with E-state index in [9.17, 15) is 0 Å². The zero-order valence-electron chi connectivity index (χ0n) is 23.9. The van der Waals surface area contributed by atoms with Crippen molar-refractivity contribution < 1.29 is 0 Å². The van der Waals surface area contributed by atoms with Crippen molar-refractivity contribution in [3.05, 3.63) is 169 Å². The van der Waals surface area contributed by atoms with Gasteiger partial charge in [0.2, 0.25) is 0 Å². The molecule has 0 saturated heterocycles. The Morgan fingerprint density at radius 3 is 1.88 bits per heavy atom. The lowest BCUT2D eigenvalue weighted by Gasteiger charge is -2.43. The van der Waals surface area contributed by atoms with Crippen LogP contribution in [0, 0.1) is 0 Å². The number of allylic oxidation sites excluding steroid dienone is 4. The average Bonchev–Trinajstić information content (AvgIpc) is 3.09. The molecule has 43 heavy (non-hydrogen) atoms. The molecule has 2 aliphatic carbocycles. The number of nitrogens with zero attached hydrogens (tertiary/aromatic N) is 3. The van der Waals surface area contributed by atoms with Gasteiger partial charge in [0.15, 0.2) is 17.5 Å². The summed E-state index contributed by atoms with van der Waals surface area (Å²) in [6.07, 6.45) is 6.91. The maximum atomic E-state index is 5.11. The number of hydrogen-bond acceptors (Lipinski definition) is 3. The minimum Gasteiger partial charge on any atom is -0.208 e. The van der Waals surface area contributed by atoms with Gasteiger partial charge in [-0.1, -0.05) is 153 Å². The second-order valence-electron chi connectivity index (χ2n) is 11.5. The topological polar surface area (TPSA) is 38.7 Å². The van der Waals surface area contributed by atoms with Crippen LogP contribution in [0.2, 0.25) is 0 Å². The lowest BCUT2D eigenvalue weighted by Crippen LogP contribution is -2.33. The highest BCUT2D eigenvalue weighted by atomic mass is 15.0. The van der Waals surface area contributed by atoms with Gasteiger partial charge in [0.1, 0.15) is 0 Å². The van der Waals surface area contributed by atoms with Crippen LogP contribution in [0.15, 0.2) is 152 Å². The minimum atomic E-state index is -0.248. The Morgan fingerprint density at radius 1 is 0.512 bits per heavy atom. The zero-order valence-corrected chi connectivity index (χ0v) is 23.9. The third-order valence-corrected chi connectivity index (χ3v) is 8.82. The smallest absolute Gasteiger partial charge is 0.164 e. The molecule has 0 fully saturated rings. The Hall–Kier alpha value is -5.41. The zero-order chi connectivity index (χ0) is 28.8. The standard InChI is InChI=1S/C40H29N3/c1-40-26-31(23-24-36(40)34-20-9-8-19-32(34)33-21-10-11-22-35(33)40)39-42-37(28-15-6-3-7-16-28)41-38(43-39)30-18-12-17-29(25-30)27-13-4-2-5-14-27/h2-26,36H,1H3. The van der Waals surface area contributed by atoms with Crippen LogP contribution < -0.4 is 0 Å². The van der Waals surface area contributed by atoms with E-state index in [0.717, 1.165) is 27.8 Å². The molecule has 3 heteroatoms. The van der Waals surface area contributed by atoms with Gasteiger partial charge in [0.05, 0.1) is 0 Å². The van der Waals surface area contributed by atoms with E-state index >= 15 is 0 Å². The third kappa shape index (κ3) is 4.33. The summed E-state index contributed by atoms with van der Waals surface area (Å²) in [7, 11) is 0. The number of rotatable bonds is 4. The summed E-state index contributed by atoms with van der Waals surface area (Å²) in [5.74, 6) is 2.24. The van der Waals surface area contributed by atoms with Crippen LogP contribution in [0.3, 0.4) is 0 Å². The van der Waals surface area contributed by atoms with Crippen LogP contribution in [0.1, 0.15) is 29.8 Å². The molecule has 0 radical (unpaired) electrons. The molecule has 2 atom stereocenters. The summed E-state index contributed by atoms with van der Waals surface area (Å²) in [5, 5.41) is 0. The fraction of sp³-hybridized carbons (Fsp3) is 0.0750. The van der Waals surface area contributed by atoms with Gasteiger partial charge >= 0.3 is 0 Å². The highest BCUT2D eigenvalue weighted by Gasteiger charge is 2.42. The molecule has 6 aromatic rings. The monoisotopic (exact) mass is 551 g/mol. The van der Waals surface area contributed by atoms with Gasteiger partial charge in [0, 0.05) is 28.0 Å². The van der Waals surface area contributed by atoms with Crippen LogP contribution in [0.5, 0.6) is 0 Å². The Morgan fingerprint density at radius 2 is 1.09 bits per heavy atom. The number of aromatic nitrogens is 3. The molecule has 8 rings (SSSR count). The van der Waals surface area contributed by atoms with Crippen molar-refractivity contribution in [2.45, 2.75) is 18.3 Å². The van der Waals surface area contributed by atoms with E-state index in [0.29, 0.717) is 17.5 Å². The van der Waals surface area contributed by atoms with E-state index in [4.69, 9.17) is 15.0 Å². The van der Waals surface area contributed by atoms with Crippen molar-refractivity contribution in [2.24, 2.45) is 0 Å². The molecule has 204 valence electrons. The van der Waals surface area contributed by atoms with Crippen LogP contribution in [-0.2, 0) is 5.41 Å². The fourth-order valence-corrected chi connectivity index (χ4v) is 6.69. The molecule has 3 nitrogen and oxygen atoms in total. The van der Waals surface area contributed by atoms with Crippen molar-refractivity contribution in [3.8, 4) is 45.0 Å². The normalized spacial score (nSPS) is 18.3. The van der Waals surface area contributed by atoms with Gasteiger partial charge in [-0.2, -0.15) is 0 Å². The molecule has 1 heterocycles. The maximum Gasteiger partial charge on any atom is 0.164 e. The summed E-state index contributed by atoms with van der Waals surface area (Å²) < 4.78 is 0. The van der Waals surface area contributed by atoms with Gasteiger partial charge in [-0.3, -0.25) is 0 Å². The van der Waals surface area contributed by atoms with E-state index in [-0.39, 0.29) is 11.3 Å². The van der Waals surface area contributed by atoms with Crippen molar-refractivity contribution in [3.63, 3.8) is 0 Å². The highest BCUT2D eigenvalue weighted by Crippen LogP contribution is 2.54. The Balaban J connectivity index is 1.29. The molecule has 5 aromatic carbocycles. The highest BCUT2D eigenvalue weighted by molar-refractivity contribution is 5.83. The molecule has 0 saturated carbocycles. The van der Waals surface area contributed by atoms with E-state index < -0.39 is 0 Å². The molecule has 2 aliphatic rings. The predicted molar refractivity (Wildman–Crippen MR) is 175 cm³/mol. The minimum absolute atomic E-state index is 0.222. The molecule has 1 aromatic heterocycles. The van der Waals surface area contributed by atoms with Crippen LogP contribution >= 0.6 is 0 Å². The molecule has 0 bridgehead atoms. The molecular formula is C40H29N3.